The number of H-pyrrole nitrogens is 1. The molecule has 19 heavy (non-hydrogen) atoms. The number of aromatic amines is 1. The van der Waals surface area contributed by atoms with Crippen LogP contribution in [0.25, 0.3) is 0 Å². The number of aromatic nitrogens is 3. The standard InChI is InChI=1S/C12H12F3N3O/c1-7(11-16-8(2)17-18-11)19-10-5-3-4-9(6-10)12(13,14)15/h3-7H,1-2H3,(H,16,17,18)/t7-/m1/s1. The fourth-order valence-corrected chi connectivity index (χ4v) is 1.54. The molecule has 102 valence electrons. The average Bonchev–Trinajstić information content (AvgIpc) is 2.75. The van der Waals surface area contributed by atoms with E-state index in [0.29, 0.717) is 11.6 Å². The van der Waals surface area contributed by atoms with Crippen LogP contribution in [0.4, 0.5) is 13.2 Å². The second kappa shape index (κ2) is 4.91. The van der Waals surface area contributed by atoms with Crippen molar-refractivity contribution >= 4 is 0 Å². The highest BCUT2D eigenvalue weighted by molar-refractivity contribution is 5.30. The molecule has 1 heterocycles. The predicted octanol–water partition coefficient (Wildman–Crippen LogP) is 3.27. The van der Waals surface area contributed by atoms with Gasteiger partial charge in [0.1, 0.15) is 11.6 Å². The summed E-state index contributed by atoms with van der Waals surface area (Å²) in [7, 11) is 0. The van der Waals surface area contributed by atoms with Crippen LogP contribution in [-0.4, -0.2) is 15.2 Å². The number of alkyl halides is 3. The van der Waals surface area contributed by atoms with Crippen LogP contribution in [0.15, 0.2) is 24.3 Å². The van der Waals surface area contributed by atoms with Crippen molar-refractivity contribution in [2.24, 2.45) is 0 Å². The Morgan fingerprint density at radius 2 is 2.05 bits per heavy atom. The lowest BCUT2D eigenvalue weighted by atomic mass is 10.2. The summed E-state index contributed by atoms with van der Waals surface area (Å²) in [5, 5.41) is 6.55. The van der Waals surface area contributed by atoms with E-state index in [4.69, 9.17) is 4.74 Å². The molecule has 2 aromatic rings. The van der Waals surface area contributed by atoms with E-state index in [2.05, 4.69) is 15.2 Å². The van der Waals surface area contributed by atoms with Crippen LogP contribution in [0.3, 0.4) is 0 Å². The first kappa shape index (κ1) is 13.4. The Bertz CT molecular complexity index is 565. The molecule has 1 aromatic carbocycles. The molecule has 1 N–H and O–H groups in total. The summed E-state index contributed by atoms with van der Waals surface area (Å²) in [6.45, 7) is 3.40. The van der Waals surface area contributed by atoms with Crippen LogP contribution in [-0.2, 0) is 6.18 Å². The van der Waals surface area contributed by atoms with E-state index >= 15 is 0 Å². The average molecular weight is 271 g/mol. The highest BCUT2D eigenvalue weighted by atomic mass is 19.4. The highest BCUT2D eigenvalue weighted by Crippen LogP contribution is 2.32. The van der Waals surface area contributed by atoms with E-state index in [9.17, 15) is 13.2 Å². The lowest BCUT2D eigenvalue weighted by Gasteiger charge is -2.13. The molecular formula is C12H12F3N3O. The molecule has 7 heteroatoms. The molecule has 4 nitrogen and oxygen atoms in total. The number of halogens is 3. The van der Waals surface area contributed by atoms with E-state index in [1.165, 1.54) is 12.1 Å². The van der Waals surface area contributed by atoms with Crippen molar-refractivity contribution in [1.82, 2.24) is 15.2 Å². The number of hydrogen-bond donors (Lipinski definition) is 1. The van der Waals surface area contributed by atoms with Crippen LogP contribution in [0.1, 0.15) is 30.2 Å². The number of benzene rings is 1. The van der Waals surface area contributed by atoms with Gasteiger partial charge in [0.2, 0.25) is 0 Å². The number of ether oxygens (including phenoxy) is 1. The fraction of sp³-hybridized carbons (Fsp3) is 0.333. The number of nitrogens with one attached hydrogen (secondary N) is 1. The van der Waals surface area contributed by atoms with Crippen molar-refractivity contribution in [2.45, 2.75) is 26.1 Å². The largest absolute Gasteiger partial charge is 0.483 e. The Morgan fingerprint density at radius 3 is 2.63 bits per heavy atom. The Morgan fingerprint density at radius 1 is 1.32 bits per heavy atom. The van der Waals surface area contributed by atoms with Gasteiger partial charge in [0.25, 0.3) is 0 Å². The van der Waals surface area contributed by atoms with Crippen molar-refractivity contribution in [1.29, 1.82) is 0 Å². The molecule has 2 rings (SSSR count). The number of nitrogens with zero attached hydrogens (tertiary/aromatic N) is 2. The molecule has 0 radical (unpaired) electrons. The van der Waals surface area contributed by atoms with Crippen molar-refractivity contribution in [3.8, 4) is 5.75 Å². The van der Waals surface area contributed by atoms with E-state index in [1.807, 2.05) is 0 Å². The molecule has 0 amide bonds. The summed E-state index contributed by atoms with van der Waals surface area (Å²) < 4.78 is 43.0. The summed E-state index contributed by atoms with van der Waals surface area (Å²) in [6.07, 6.45) is -4.92. The summed E-state index contributed by atoms with van der Waals surface area (Å²) in [6, 6.07) is 4.71. The van der Waals surface area contributed by atoms with Gasteiger partial charge in [-0.3, -0.25) is 5.10 Å². The molecule has 0 aliphatic carbocycles. The zero-order valence-electron chi connectivity index (χ0n) is 10.3. The topological polar surface area (TPSA) is 50.8 Å². The molecular weight excluding hydrogens is 259 g/mol. The van der Waals surface area contributed by atoms with Crippen LogP contribution >= 0.6 is 0 Å². The zero-order chi connectivity index (χ0) is 14.0. The van der Waals surface area contributed by atoms with Gasteiger partial charge < -0.3 is 4.74 Å². The van der Waals surface area contributed by atoms with E-state index in [0.717, 1.165) is 12.1 Å². The third kappa shape index (κ3) is 3.24. The fourth-order valence-electron chi connectivity index (χ4n) is 1.54. The van der Waals surface area contributed by atoms with Crippen molar-refractivity contribution in [2.75, 3.05) is 0 Å². The maximum Gasteiger partial charge on any atom is 0.416 e. The maximum atomic E-state index is 12.5. The smallest absolute Gasteiger partial charge is 0.416 e. The number of hydrogen-bond acceptors (Lipinski definition) is 3. The first-order chi connectivity index (χ1) is 8.86. The van der Waals surface area contributed by atoms with Crippen molar-refractivity contribution < 1.29 is 17.9 Å². The maximum absolute atomic E-state index is 12.5. The van der Waals surface area contributed by atoms with Gasteiger partial charge in [0.05, 0.1) is 5.56 Å². The van der Waals surface area contributed by atoms with Crippen LogP contribution in [0, 0.1) is 6.92 Å². The molecule has 0 fully saturated rings. The molecule has 1 atom stereocenters. The minimum atomic E-state index is -4.39. The van der Waals surface area contributed by atoms with Crippen LogP contribution in [0.2, 0.25) is 0 Å². The lowest BCUT2D eigenvalue weighted by Crippen LogP contribution is -2.08. The lowest BCUT2D eigenvalue weighted by molar-refractivity contribution is -0.137. The zero-order valence-corrected chi connectivity index (χ0v) is 10.3. The van der Waals surface area contributed by atoms with Crippen molar-refractivity contribution in [3.05, 3.63) is 41.5 Å². The summed E-state index contributed by atoms with van der Waals surface area (Å²) >= 11 is 0. The Labute approximate surface area is 107 Å². The second-order valence-electron chi connectivity index (χ2n) is 4.06. The minimum absolute atomic E-state index is 0.129. The predicted molar refractivity (Wildman–Crippen MR) is 61.6 cm³/mol. The molecule has 1 aromatic heterocycles. The first-order valence-corrected chi connectivity index (χ1v) is 5.59. The molecule has 0 saturated heterocycles. The molecule has 0 saturated carbocycles. The number of rotatable bonds is 3. The third-order valence-corrected chi connectivity index (χ3v) is 2.45. The Kier molecular flexibility index (Phi) is 3.46. The molecule has 0 aliphatic heterocycles. The van der Waals surface area contributed by atoms with Crippen LogP contribution < -0.4 is 4.74 Å². The summed E-state index contributed by atoms with van der Waals surface area (Å²) in [5.41, 5.74) is -0.747. The van der Waals surface area contributed by atoms with Gasteiger partial charge in [0, 0.05) is 0 Å². The monoisotopic (exact) mass is 271 g/mol. The first-order valence-electron chi connectivity index (χ1n) is 5.59. The normalized spacial score (nSPS) is 13.3. The van der Waals surface area contributed by atoms with Crippen molar-refractivity contribution in [3.63, 3.8) is 0 Å². The molecule has 0 unspecified atom stereocenters. The summed E-state index contributed by atoms with van der Waals surface area (Å²) in [5.74, 6) is 1.15. The van der Waals surface area contributed by atoms with Gasteiger partial charge >= 0.3 is 6.18 Å². The molecule has 0 bridgehead atoms. The Balaban J connectivity index is 2.15. The van der Waals surface area contributed by atoms with E-state index < -0.39 is 17.8 Å². The van der Waals surface area contributed by atoms with E-state index in [1.54, 1.807) is 13.8 Å². The van der Waals surface area contributed by atoms with Gasteiger partial charge in [-0.15, -0.1) is 0 Å². The van der Waals surface area contributed by atoms with Gasteiger partial charge in [-0.25, -0.2) is 4.98 Å². The minimum Gasteiger partial charge on any atom is -0.483 e. The quantitative estimate of drug-likeness (QED) is 0.932. The Hall–Kier alpha value is -2.05. The third-order valence-electron chi connectivity index (χ3n) is 2.45. The SMILES string of the molecule is Cc1nc([C@@H](C)Oc2cccc(C(F)(F)F)c2)n[nH]1. The van der Waals surface area contributed by atoms with Gasteiger partial charge in [-0.2, -0.15) is 18.3 Å². The van der Waals surface area contributed by atoms with Gasteiger partial charge in [0.15, 0.2) is 11.9 Å². The van der Waals surface area contributed by atoms with Gasteiger partial charge in [-0.1, -0.05) is 6.07 Å². The van der Waals surface area contributed by atoms with E-state index in [-0.39, 0.29) is 5.75 Å². The van der Waals surface area contributed by atoms with Crippen LogP contribution in [0.5, 0.6) is 5.75 Å². The summed E-state index contributed by atoms with van der Waals surface area (Å²) in [4.78, 5) is 4.06. The second-order valence-corrected chi connectivity index (χ2v) is 4.06. The van der Waals surface area contributed by atoms with Gasteiger partial charge in [-0.05, 0) is 32.0 Å². The molecule has 0 aliphatic rings. The highest BCUT2D eigenvalue weighted by Gasteiger charge is 2.30. The molecule has 0 spiro atoms. The number of aryl methyl sites for hydroxylation is 1.